The van der Waals surface area contributed by atoms with E-state index in [2.05, 4.69) is 9.36 Å². The van der Waals surface area contributed by atoms with E-state index in [1.54, 1.807) is 18.1 Å². The topological polar surface area (TPSA) is 75.7 Å². The van der Waals surface area contributed by atoms with E-state index in [0.29, 0.717) is 0 Å². The maximum Gasteiger partial charge on any atom is 0.170 e. The van der Waals surface area contributed by atoms with Crippen LogP contribution in [0.25, 0.3) is 0 Å². The summed E-state index contributed by atoms with van der Waals surface area (Å²) < 4.78 is 4.93. The Labute approximate surface area is 108 Å². The highest BCUT2D eigenvalue weighted by Gasteiger charge is 2.04. The highest BCUT2D eigenvalue weighted by Crippen LogP contribution is 2.25. The van der Waals surface area contributed by atoms with Crippen LogP contribution in [0.4, 0.5) is 0 Å². The summed E-state index contributed by atoms with van der Waals surface area (Å²) in [5, 5.41) is 7.37. The van der Waals surface area contributed by atoms with Gasteiger partial charge in [0.2, 0.25) is 0 Å². The highest BCUT2D eigenvalue weighted by atomic mass is 32.2. The van der Waals surface area contributed by atoms with Gasteiger partial charge in [-0.15, -0.1) is 0 Å². The second-order valence-electron chi connectivity index (χ2n) is 3.55. The lowest BCUT2D eigenvalue weighted by molar-refractivity contribution is 1.21. The van der Waals surface area contributed by atoms with Crippen LogP contribution in [0, 0.1) is 12.3 Å². The first kappa shape index (κ1) is 12.1. The van der Waals surface area contributed by atoms with Crippen LogP contribution in [0.15, 0.2) is 28.9 Å². The van der Waals surface area contributed by atoms with E-state index in [4.69, 9.17) is 11.1 Å². The number of benzene rings is 1. The Hall–Kier alpha value is -1.40. The SMILES string of the molecule is Cc1cc(C(=N)N)ccc1CSc1ncns1. The van der Waals surface area contributed by atoms with Crippen LogP contribution in [0.5, 0.6) is 0 Å². The molecular formula is C11H12N4S2. The van der Waals surface area contributed by atoms with E-state index in [-0.39, 0.29) is 5.84 Å². The molecule has 4 nitrogen and oxygen atoms in total. The normalized spacial score (nSPS) is 10.4. The molecule has 0 bridgehead atoms. The van der Waals surface area contributed by atoms with E-state index in [1.807, 2.05) is 25.1 Å². The average Bonchev–Trinajstić information content (AvgIpc) is 2.80. The molecule has 88 valence electrons. The predicted octanol–water partition coefficient (Wildman–Crippen LogP) is 2.42. The van der Waals surface area contributed by atoms with Crippen LogP contribution >= 0.6 is 23.3 Å². The van der Waals surface area contributed by atoms with Gasteiger partial charge >= 0.3 is 0 Å². The number of aryl methyl sites for hydroxylation is 1. The van der Waals surface area contributed by atoms with Gasteiger partial charge in [-0.25, -0.2) is 4.98 Å². The van der Waals surface area contributed by atoms with Crippen molar-refractivity contribution >= 4 is 29.1 Å². The summed E-state index contributed by atoms with van der Waals surface area (Å²) in [4.78, 5) is 4.12. The van der Waals surface area contributed by atoms with Gasteiger partial charge in [-0.05, 0) is 35.6 Å². The molecule has 0 amide bonds. The molecule has 0 fully saturated rings. The number of rotatable bonds is 4. The van der Waals surface area contributed by atoms with Crippen molar-refractivity contribution in [1.82, 2.24) is 9.36 Å². The van der Waals surface area contributed by atoms with E-state index in [0.717, 1.165) is 21.2 Å². The first-order valence-electron chi connectivity index (χ1n) is 5.00. The molecule has 1 heterocycles. The molecule has 3 N–H and O–H groups in total. The number of amidine groups is 1. The Kier molecular flexibility index (Phi) is 3.75. The average molecular weight is 264 g/mol. The summed E-state index contributed by atoms with van der Waals surface area (Å²) >= 11 is 3.07. The van der Waals surface area contributed by atoms with E-state index < -0.39 is 0 Å². The van der Waals surface area contributed by atoms with Crippen molar-refractivity contribution in [3.8, 4) is 0 Å². The van der Waals surface area contributed by atoms with Crippen LogP contribution < -0.4 is 5.73 Å². The quantitative estimate of drug-likeness (QED) is 0.505. The number of aromatic nitrogens is 2. The fourth-order valence-electron chi connectivity index (χ4n) is 1.39. The Morgan fingerprint density at radius 2 is 2.35 bits per heavy atom. The zero-order valence-electron chi connectivity index (χ0n) is 9.30. The molecule has 1 aromatic carbocycles. The van der Waals surface area contributed by atoms with Crippen molar-refractivity contribution in [3.63, 3.8) is 0 Å². The van der Waals surface area contributed by atoms with Gasteiger partial charge in [-0.1, -0.05) is 23.9 Å². The van der Waals surface area contributed by atoms with Crippen LogP contribution in [0.2, 0.25) is 0 Å². The van der Waals surface area contributed by atoms with Crippen LogP contribution in [-0.4, -0.2) is 15.2 Å². The maximum atomic E-state index is 7.37. The van der Waals surface area contributed by atoms with Crippen molar-refractivity contribution < 1.29 is 0 Å². The molecule has 0 atom stereocenters. The molecule has 0 spiro atoms. The lowest BCUT2D eigenvalue weighted by Gasteiger charge is -2.06. The Morgan fingerprint density at radius 1 is 1.53 bits per heavy atom. The third-order valence-electron chi connectivity index (χ3n) is 2.35. The largest absolute Gasteiger partial charge is 0.384 e. The number of nitrogen functional groups attached to an aromatic ring is 1. The smallest absolute Gasteiger partial charge is 0.170 e. The van der Waals surface area contributed by atoms with Crippen LogP contribution in [0.3, 0.4) is 0 Å². The number of thioether (sulfide) groups is 1. The first-order valence-corrected chi connectivity index (χ1v) is 6.76. The standard InChI is InChI=1S/C11H12N4S2/c1-7-4-8(10(12)13)2-3-9(7)5-16-11-14-6-15-17-11/h2-4,6H,5H2,1H3,(H3,12,13). The number of hydrogen-bond donors (Lipinski definition) is 2. The first-order chi connectivity index (χ1) is 8.16. The maximum absolute atomic E-state index is 7.37. The minimum absolute atomic E-state index is 0.108. The van der Waals surface area contributed by atoms with Gasteiger partial charge in [0.1, 0.15) is 12.2 Å². The highest BCUT2D eigenvalue weighted by molar-refractivity contribution is 8.00. The Morgan fingerprint density at radius 3 is 2.94 bits per heavy atom. The second-order valence-corrected chi connectivity index (χ2v) is 5.55. The third kappa shape index (κ3) is 3.04. The fraction of sp³-hybridized carbons (Fsp3) is 0.182. The number of hydrogen-bond acceptors (Lipinski definition) is 5. The van der Waals surface area contributed by atoms with Gasteiger partial charge in [0, 0.05) is 11.3 Å². The molecule has 1 aromatic heterocycles. The molecule has 2 aromatic rings. The van der Waals surface area contributed by atoms with Gasteiger partial charge < -0.3 is 5.73 Å². The predicted molar refractivity (Wildman–Crippen MR) is 71.7 cm³/mol. The molecule has 17 heavy (non-hydrogen) atoms. The molecular weight excluding hydrogens is 252 g/mol. The molecule has 6 heteroatoms. The number of nitrogens with zero attached hydrogens (tertiary/aromatic N) is 2. The molecule has 0 radical (unpaired) electrons. The Bertz CT molecular complexity index is 522. The number of nitrogens with two attached hydrogens (primary N) is 1. The minimum atomic E-state index is 0.108. The second kappa shape index (κ2) is 5.29. The van der Waals surface area contributed by atoms with Crippen molar-refractivity contribution in [2.45, 2.75) is 17.0 Å². The van der Waals surface area contributed by atoms with Crippen molar-refractivity contribution in [1.29, 1.82) is 5.41 Å². The molecule has 0 unspecified atom stereocenters. The summed E-state index contributed by atoms with van der Waals surface area (Å²) in [5.41, 5.74) is 8.60. The monoisotopic (exact) mass is 264 g/mol. The Balaban J connectivity index is 2.09. The molecule has 0 saturated heterocycles. The van der Waals surface area contributed by atoms with E-state index in [9.17, 15) is 0 Å². The summed E-state index contributed by atoms with van der Waals surface area (Å²) in [5.74, 6) is 0.968. The van der Waals surface area contributed by atoms with Crippen LogP contribution in [-0.2, 0) is 5.75 Å². The molecule has 0 aliphatic heterocycles. The van der Waals surface area contributed by atoms with Gasteiger partial charge in [-0.3, -0.25) is 5.41 Å². The molecule has 0 aliphatic rings. The van der Waals surface area contributed by atoms with E-state index >= 15 is 0 Å². The van der Waals surface area contributed by atoms with E-state index in [1.165, 1.54) is 17.1 Å². The zero-order chi connectivity index (χ0) is 12.3. The van der Waals surface area contributed by atoms with Gasteiger partial charge in [0.15, 0.2) is 4.34 Å². The summed E-state index contributed by atoms with van der Waals surface area (Å²) in [6.07, 6.45) is 1.57. The zero-order valence-corrected chi connectivity index (χ0v) is 10.9. The number of nitrogens with one attached hydrogen (secondary N) is 1. The summed E-state index contributed by atoms with van der Waals surface area (Å²) in [6, 6.07) is 5.84. The van der Waals surface area contributed by atoms with Gasteiger partial charge in [0.25, 0.3) is 0 Å². The van der Waals surface area contributed by atoms with Crippen molar-refractivity contribution in [2.24, 2.45) is 5.73 Å². The molecule has 0 aliphatic carbocycles. The van der Waals surface area contributed by atoms with Crippen LogP contribution in [0.1, 0.15) is 16.7 Å². The van der Waals surface area contributed by atoms with Gasteiger partial charge in [-0.2, -0.15) is 4.37 Å². The van der Waals surface area contributed by atoms with Gasteiger partial charge in [0.05, 0.1) is 0 Å². The minimum Gasteiger partial charge on any atom is -0.384 e. The van der Waals surface area contributed by atoms with Crippen molar-refractivity contribution in [2.75, 3.05) is 0 Å². The third-order valence-corrected chi connectivity index (χ3v) is 4.19. The molecule has 0 saturated carbocycles. The fourth-order valence-corrected chi connectivity index (χ4v) is 2.91. The lowest BCUT2D eigenvalue weighted by atomic mass is 10.1. The lowest BCUT2D eigenvalue weighted by Crippen LogP contribution is -2.11. The summed E-state index contributed by atoms with van der Waals surface area (Å²) in [7, 11) is 0. The summed E-state index contributed by atoms with van der Waals surface area (Å²) in [6.45, 7) is 2.03. The molecule has 2 rings (SSSR count). The van der Waals surface area contributed by atoms with Crippen molar-refractivity contribution in [3.05, 3.63) is 41.2 Å².